The van der Waals surface area contributed by atoms with E-state index >= 15 is 0 Å². The van der Waals surface area contributed by atoms with Gasteiger partial charge in [0.15, 0.2) is 0 Å². The third-order valence-corrected chi connectivity index (χ3v) is 6.51. The van der Waals surface area contributed by atoms with Gasteiger partial charge in [0.2, 0.25) is 11.0 Å². The second kappa shape index (κ2) is 12.5. The minimum absolute atomic E-state index is 0.0769. The van der Waals surface area contributed by atoms with Crippen molar-refractivity contribution in [1.82, 2.24) is 19.6 Å². The van der Waals surface area contributed by atoms with E-state index in [1.807, 2.05) is 48.5 Å². The van der Waals surface area contributed by atoms with Crippen LogP contribution in [0.4, 0.5) is 5.13 Å². The van der Waals surface area contributed by atoms with Crippen molar-refractivity contribution >= 4 is 22.6 Å². The van der Waals surface area contributed by atoms with Gasteiger partial charge < -0.3 is 19.7 Å². The Kier molecular flexibility index (Phi) is 8.84. The molecule has 1 aromatic heterocycles. The summed E-state index contributed by atoms with van der Waals surface area (Å²) in [5.74, 6) is 1.61. The van der Waals surface area contributed by atoms with Gasteiger partial charge in [-0.3, -0.25) is 9.69 Å². The monoisotopic (exact) mass is 481 g/mol. The van der Waals surface area contributed by atoms with Crippen LogP contribution in [0.15, 0.2) is 54.6 Å². The average Bonchev–Trinajstić information content (AvgIpc) is 3.33. The van der Waals surface area contributed by atoms with Crippen molar-refractivity contribution in [3.05, 3.63) is 71.5 Å². The van der Waals surface area contributed by atoms with Gasteiger partial charge in [0.05, 0.1) is 13.7 Å². The number of piperazine rings is 1. The second-order valence-corrected chi connectivity index (χ2v) is 8.91. The molecule has 9 heteroatoms. The van der Waals surface area contributed by atoms with Crippen molar-refractivity contribution in [1.29, 1.82) is 0 Å². The predicted molar refractivity (Wildman–Crippen MR) is 133 cm³/mol. The molecule has 0 spiro atoms. The molecule has 0 unspecified atom stereocenters. The van der Waals surface area contributed by atoms with Crippen LogP contribution in [0.2, 0.25) is 0 Å². The minimum atomic E-state index is -0.0769. The second-order valence-electron chi connectivity index (χ2n) is 8.18. The molecule has 4 rings (SSSR count). The third-order valence-electron chi connectivity index (χ3n) is 5.69. The zero-order valence-corrected chi connectivity index (χ0v) is 20.3. The minimum Gasteiger partial charge on any atom is -0.497 e. The zero-order chi connectivity index (χ0) is 23.6. The molecular weight excluding hydrogens is 450 g/mol. The van der Waals surface area contributed by atoms with Crippen LogP contribution in [0.5, 0.6) is 5.75 Å². The molecule has 8 nitrogen and oxygen atoms in total. The van der Waals surface area contributed by atoms with Crippen molar-refractivity contribution in [3.63, 3.8) is 0 Å². The summed E-state index contributed by atoms with van der Waals surface area (Å²) in [7, 11) is 1.67. The number of nitrogens with one attached hydrogen (secondary N) is 1. The Labute approximate surface area is 204 Å². The Morgan fingerprint density at radius 2 is 1.85 bits per heavy atom. The first-order chi connectivity index (χ1) is 16.7. The largest absolute Gasteiger partial charge is 0.497 e. The molecule has 2 heterocycles. The van der Waals surface area contributed by atoms with Crippen LogP contribution < -0.4 is 15.0 Å². The lowest BCUT2D eigenvalue weighted by atomic mass is 10.1. The molecule has 1 fully saturated rings. The molecule has 1 N–H and O–H groups in total. The number of carbonyl (C=O) groups is 1. The van der Waals surface area contributed by atoms with Crippen LogP contribution >= 0.6 is 11.5 Å². The Morgan fingerprint density at radius 3 is 2.65 bits per heavy atom. The Morgan fingerprint density at radius 1 is 1.06 bits per heavy atom. The molecule has 1 amide bonds. The molecule has 1 aliphatic heterocycles. The average molecular weight is 482 g/mol. The van der Waals surface area contributed by atoms with Crippen LogP contribution in [0.1, 0.15) is 17.0 Å². The van der Waals surface area contributed by atoms with E-state index in [1.54, 1.807) is 7.11 Å². The molecule has 34 heavy (non-hydrogen) atoms. The quantitative estimate of drug-likeness (QED) is 0.451. The summed E-state index contributed by atoms with van der Waals surface area (Å²) in [6.07, 6.45) is 0.697. The number of benzene rings is 2. The molecule has 1 saturated heterocycles. The number of hydrogen-bond acceptors (Lipinski definition) is 8. The number of carbonyl (C=O) groups excluding carboxylic acids is 1. The third kappa shape index (κ3) is 7.24. The van der Waals surface area contributed by atoms with Gasteiger partial charge in [-0.1, -0.05) is 42.5 Å². The number of methoxy groups -OCH3 is 1. The van der Waals surface area contributed by atoms with Crippen LogP contribution in [-0.2, 0) is 22.6 Å². The molecule has 180 valence electrons. The number of aromatic nitrogens is 2. The van der Waals surface area contributed by atoms with Crippen molar-refractivity contribution < 1.29 is 14.3 Å². The van der Waals surface area contributed by atoms with E-state index in [0.29, 0.717) is 19.6 Å². The van der Waals surface area contributed by atoms with E-state index < -0.39 is 0 Å². The predicted octanol–water partition coefficient (Wildman–Crippen LogP) is 2.59. The number of hydrogen-bond donors (Lipinski definition) is 1. The van der Waals surface area contributed by atoms with Gasteiger partial charge in [-0.2, -0.15) is 4.37 Å². The van der Waals surface area contributed by atoms with Crippen molar-refractivity contribution in [2.24, 2.45) is 0 Å². The maximum Gasteiger partial charge on any atom is 0.246 e. The first-order valence-corrected chi connectivity index (χ1v) is 12.3. The summed E-state index contributed by atoms with van der Waals surface area (Å²) >= 11 is 1.46. The summed E-state index contributed by atoms with van der Waals surface area (Å²) in [5, 5.41) is 3.92. The number of rotatable bonds is 11. The first kappa shape index (κ1) is 24.1. The molecular formula is C25H31N5O3S. The van der Waals surface area contributed by atoms with Gasteiger partial charge in [-0.15, -0.1) is 0 Å². The fourth-order valence-electron chi connectivity index (χ4n) is 3.81. The van der Waals surface area contributed by atoms with Crippen LogP contribution in [0, 0.1) is 0 Å². The van der Waals surface area contributed by atoms with Crippen molar-refractivity contribution in [3.8, 4) is 5.75 Å². The van der Waals surface area contributed by atoms with Crippen LogP contribution in [-0.4, -0.2) is 73.1 Å². The lowest BCUT2D eigenvalue weighted by molar-refractivity contribution is -0.126. The van der Waals surface area contributed by atoms with E-state index in [9.17, 15) is 4.79 Å². The zero-order valence-electron chi connectivity index (χ0n) is 19.5. The van der Waals surface area contributed by atoms with E-state index in [-0.39, 0.29) is 12.5 Å². The standard InChI is InChI=1S/C25H31N5O3S/c1-32-22-9-5-8-21(16-22)17-23-27-25(34-28-23)30-14-12-29(13-15-30)11-10-26-24(31)19-33-18-20-6-3-2-4-7-20/h2-9,16H,10-15,17-19H2,1H3,(H,26,31). The molecule has 1 aliphatic rings. The highest BCUT2D eigenvalue weighted by Gasteiger charge is 2.20. The lowest BCUT2D eigenvalue weighted by Gasteiger charge is -2.34. The highest BCUT2D eigenvalue weighted by atomic mass is 32.1. The molecule has 0 saturated carbocycles. The highest BCUT2D eigenvalue weighted by Crippen LogP contribution is 2.21. The number of ether oxygens (including phenoxy) is 2. The molecule has 0 bridgehead atoms. The van der Waals surface area contributed by atoms with Gasteiger partial charge in [-0.25, -0.2) is 4.98 Å². The van der Waals surface area contributed by atoms with E-state index in [4.69, 9.17) is 14.5 Å². The van der Waals surface area contributed by atoms with Crippen molar-refractivity contribution in [2.45, 2.75) is 13.0 Å². The molecule has 0 radical (unpaired) electrons. The topological polar surface area (TPSA) is 79.8 Å². The van der Waals surface area contributed by atoms with Gasteiger partial charge in [-0.05, 0) is 23.3 Å². The fraction of sp³-hybridized carbons (Fsp3) is 0.400. The first-order valence-electron chi connectivity index (χ1n) is 11.5. The van der Waals surface area contributed by atoms with Crippen molar-refractivity contribution in [2.75, 3.05) is 57.9 Å². The van der Waals surface area contributed by atoms with E-state index in [1.165, 1.54) is 11.5 Å². The fourth-order valence-corrected chi connectivity index (χ4v) is 4.55. The summed E-state index contributed by atoms with van der Waals surface area (Å²) in [4.78, 5) is 21.4. The normalized spacial score (nSPS) is 14.2. The van der Waals surface area contributed by atoms with Gasteiger partial charge >= 0.3 is 0 Å². The maximum absolute atomic E-state index is 12.0. The summed E-state index contributed by atoms with van der Waals surface area (Å²) < 4.78 is 15.3. The number of nitrogens with zero attached hydrogens (tertiary/aromatic N) is 4. The highest BCUT2D eigenvalue weighted by molar-refractivity contribution is 7.09. The molecule has 0 atom stereocenters. The smallest absolute Gasteiger partial charge is 0.246 e. The van der Waals surface area contributed by atoms with E-state index in [2.05, 4.69) is 25.6 Å². The number of amides is 1. The maximum atomic E-state index is 12.0. The molecule has 0 aliphatic carbocycles. The van der Waals surface area contributed by atoms with Gasteiger partial charge in [0.25, 0.3) is 0 Å². The van der Waals surface area contributed by atoms with Gasteiger partial charge in [0, 0.05) is 57.2 Å². The van der Waals surface area contributed by atoms with E-state index in [0.717, 1.165) is 60.6 Å². The SMILES string of the molecule is COc1cccc(Cc2nsc(N3CCN(CCNC(=O)COCc4ccccc4)CC3)n2)c1. The Balaban J connectivity index is 1.12. The summed E-state index contributed by atoms with van der Waals surface area (Å²) in [6, 6.07) is 17.9. The van der Waals surface area contributed by atoms with Gasteiger partial charge in [0.1, 0.15) is 18.2 Å². The van der Waals surface area contributed by atoms with Crippen LogP contribution in [0.3, 0.4) is 0 Å². The summed E-state index contributed by atoms with van der Waals surface area (Å²) in [6.45, 7) is 5.66. The Hall–Kier alpha value is -3.01. The molecule has 2 aromatic carbocycles. The molecule has 3 aromatic rings. The lowest BCUT2D eigenvalue weighted by Crippen LogP contribution is -2.48. The number of anilines is 1. The Bertz CT molecular complexity index is 1040. The van der Waals surface area contributed by atoms with Crippen LogP contribution in [0.25, 0.3) is 0 Å². The summed E-state index contributed by atoms with van der Waals surface area (Å²) in [5.41, 5.74) is 2.21.